The molecule has 154 valence electrons. The van der Waals surface area contributed by atoms with E-state index in [4.69, 9.17) is 9.47 Å². The smallest absolute Gasteiger partial charge is 0.287 e. The van der Waals surface area contributed by atoms with Gasteiger partial charge in [-0.15, -0.1) is 0 Å². The van der Waals surface area contributed by atoms with Crippen molar-refractivity contribution in [1.82, 2.24) is 9.55 Å². The van der Waals surface area contributed by atoms with Crippen LogP contribution in [0.25, 0.3) is 5.69 Å². The second kappa shape index (κ2) is 8.36. The van der Waals surface area contributed by atoms with Crippen LogP contribution in [0.1, 0.15) is 28.4 Å². The van der Waals surface area contributed by atoms with Crippen molar-refractivity contribution in [3.05, 3.63) is 75.8 Å². The number of rotatable bonds is 5. The van der Waals surface area contributed by atoms with Crippen LogP contribution in [0.3, 0.4) is 0 Å². The number of ketones is 1. The summed E-state index contributed by atoms with van der Waals surface area (Å²) in [4.78, 5) is 30.1. The minimum Gasteiger partial charge on any atom is -0.486 e. The Kier molecular flexibility index (Phi) is 5.63. The fourth-order valence-electron chi connectivity index (χ4n) is 3.21. The van der Waals surface area contributed by atoms with E-state index < -0.39 is 5.25 Å². The van der Waals surface area contributed by atoms with Crippen molar-refractivity contribution in [2.24, 2.45) is 0 Å². The molecule has 0 fully saturated rings. The maximum Gasteiger partial charge on any atom is 0.287 e. The van der Waals surface area contributed by atoms with Gasteiger partial charge >= 0.3 is 0 Å². The van der Waals surface area contributed by atoms with E-state index in [0.29, 0.717) is 36.0 Å². The standard InChI is InChI=1S/C23H22N2O4S/c1-14-4-5-17(12-15(14)2)21(26)16(3)30-22-23(27)25(9-8-24-22)18-6-7-19-20(13-18)29-11-10-28-19/h4-9,12-13,16H,10-11H2,1-3H3. The molecule has 6 nitrogen and oxygen atoms in total. The van der Waals surface area contributed by atoms with E-state index in [2.05, 4.69) is 4.98 Å². The van der Waals surface area contributed by atoms with Crippen LogP contribution >= 0.6 is 11.8 Å². The minimum atomic E-state index is -0.441. The van der Waals surface area contributed by atoms with Gasteiger partial charge in [-0.2, -0.15) is 0 Å². The first-order chi connectivity index (χ1) is 14.4. The summed E-state index contributed by atoms with van der Waals surface area (Å²) in [6, 6.07) is 11.0. The van der Waals surface area contributed by atoms with Gasteiger partial charge in [0.25, 0.3) is 5.56 Å². The van der Waals surface area contributed by atoms with Crippen molar-refractivity contribution in [1.29, 1.82) is 0 Å². The van der Waals surface area contributed by atoms with Crippen LogP contribution in [0.4, 0.5) is 0 Å². The van der Waals surface area contributed by atoms with Crippen molar-refractivity contribution in [2.75, 3.05) is 13.2 Å². The van der Waals surface area contributed by atoms with Crippen LogP contribution in [-0.4, -0.2) is 33.8 Å². The van der Waals surface area contributed by atoms with Crippen LogP contribution in [0.2, 0.25) is 0 Å². The molecule has 3 aromatic rings. The summed E-state index contributed by atoms with van der Waals surface area (Å²) in [6.45, 7) is 6.77. The van der Waals surface area contributed by atoms with E-state index >= 15 is 0 Å². The molecule has 0 saturated heterocycles. The predicted molar refractivity (Wildman–Crippen MR) is 116 cm³/mol. The van der Waals surface area contributed by atoms with E-state index in [1.165, 1.54) is 16.3 Å². The van der Waals surface area contributed by atoms with Gasteiger partial charge in [-0.25, -0.2) is 4.98 Å². The summed E-state index contributed by atoms with van der Waals surface area (Å²) in [5.74, 6) is 1.24. The molecule has 2 aromatic carbocycles. The maximum atomic E-state index is 13.0. The fraction of sp³-hybridized carbons (Fsp3) is 0.261. The predicted octanol–water partition coefficient (Wildman–Crippen LogP) is 3.98. The average Bonchev–Trinajstić information content (AvgIpc) is 2.76. The lowest BCUT2D eigenvalue weighted by molar-refractivity contribution is 0.0994. The number of carbonyl (C=O) groups excluding carboxylic acids is 1. The van der Waals surface area contributed by atoms with Gasteiger partial charge in [-0.05, 0) is 50.1 Å². The third kappa shape index (κ3) is 3.98. The Morgan fingerprint density at radius 2 is 1.83 bits per heavy atom. The van der Waals surface area contributed by atoms with Gasteiger partial charge in [-0.3, -0.25) is 14.2 Å². The SMILES string of the molecule is Cc1ccc(C(=O)C(C)Sc2nccn(-c3ccc4c(c3)OCCO4)c2=O)cc1C. The zero-order valence-corrected chi connectivity index (χ0v) is 17.9. The topological polar surface area (TPSA) is 70.4 Å². The molecule has 0 aliphatic carbocycles. The molecule has 1 aliphatic heterocycles. The van der Waals surface area contributed by atoms with Crippen LogP contribution in [0.15, 0.2) is 58.6 Å². The minimum absolute atomic E-state index is 0.0287. The Morgan fingerprint density at radius 1 is 1.07 bits per heavy atom. The highest BCUT2D eigenvalue weighted by Gasteiger charge is 2.20. The highest BCUT2D eigenvalue weighted by Crippen LogP contribution is 2.32. The maximum absolute atomic E-state index is 13.0. The molecule has 0 saturated carbocycles. The lowest BCUT2D eigenvalue weighted by atomic mass is 10.0. The Balaban J connectivity index is 1.59. The quantitative estimate of drug-likeness (QED) is 0.458. The summed E-state index contributed by atoms with van der Waals surface area (Å²) in [5, 5.41) is -0.166. The van der Waals surface area contributed by atoms with Crippen molar-refractivity contribution in [2.45, 2.75) is 31.0 Å². The second-order valence-electron chi connectivity index (χ2n) is 7.16. The van der Waals surface area contributed by atoms with E-state index in [1.54, 1.807) is 37.5 Å². The average molecular weight is 423 g/mol. The highest BCUT2D eigenvalue weighted by atomic mass is 32.2. The molecule has 1 aromatic heterocycles. The number of hydrogen-bond acceptors (Lipinski definition) is 6. The van der Waals surface area contributed by atoms with Crippen molar-refractivity contribution in [3.8, 4) is 17.2 Å². The number of aromatic nitrogens is 2. The number of carbonyl (C=O) groups is 1. The zero-order valence-electron chi connectivity index (χ0n) is 17.0. The Morgan fingerprint density at radius 3 is 2.60 bits per heavy atom. The Bertz CT molecular complexity index is 1170. The first-order valence-electron chi connectivity index (χ1n) is 9.70. The molecule has 4 rings (SSSR count). The van der Waals surface area contributed by atoms with Gasteiger partial charge in [0.05, 0.1) is 10.9 Å². The molecule has 1 unspecified atom stereocenters. The molecule has 0 spiro atoms. The van der Waals surface area contributed by atoms with E-state index in [-0.39, 0.29) is 16.4 Å². The molecular formula is C23H22N2O4S. The van der Waals surface area contributed by atoms with Gasteiger partial charge in [0.2, 0.25) is 0 Å². The largest absolute Gasteiger partial charge is 0.486 e. The summed E-state index contributed by atoms with van der Waals surface area (Å²) >= 11 is 1.17. The number of benzene rings is 2. The summed E-state index contributed by atoms with van der Waals surface area (Å²) in [7, 11) is 0. The summed E-state index contributed by atoms with van der Waals surface area (Å²) in [6.07, 6.45) is 3.17. The zero-order chi connectivity index (χ0) is 21.3. The fourth-order valence-corrected chi connectivity index (χ4v) is 4.11. The molecule has 0 amide bonds. The number of thioether (sulfide) groups is 1. The van der Waals surface area contributed by atoms with E-state index in [1.807, 2.05) is 32.0 Å². The molecular weight excluding hydrogens is 400 g/mol. The third-order valence-electron chi connectivity index (χ3n) is 5.06. The van der Waals surface area contributed by atoms with Gasteiger partial charge in [0, 0.05) is 24.0 Å². The van der Waals surface area contributed by atoms with Crippen molar-refractivity contribution >= 4 is 17.5 Å². The van der Waals surface area contributed by atoms with Gasteiger partial charge in [0.1, 0.15) is 13.2 Å². The first kappa shape index (κ1) is 20.2. The van der Waals surface area contributed by atoms with Crippen LogP contribution in [-0.2, 0) is 0 Å². The van der Waals surface area contributed by atoms with Gasteiger partial charge in [0.15, 0.2) is 22.3 Å². The van der Waals surface area contributed by atoms with Crippen LogP contribution in [0, 0.1) is 13.8 Å². The van der Waals surface area contributed by atoms with E-state index in [0.717, 1.165) is 11.1 Å². The Labute approximate surface area is 178 Å². The lowest BCUT2D eigenvalue weighted by Gasteiger charge is -2.19. The molecule has 30 heavy (non-hydrogen) atoms. The molecule has 1 atom stereocenters. The number of fused-ring (bicyclic) bond motifs is 1. The second-order valence-corrected chi connectivity index (χ2v) is 8.49. The number of Topliss-reactive ketones (excluding diaryl/α,β-unsaturated/α-hetero) is 1. The lowest BCUT2D eigenvalue weighted by Crippen LogP contribution is -2.23. The number of hydrogen-bond donors (Lipinski definition) is 0. The van der Waals surface area contributed by atoms with Crippen LogP contribution in [0.5, 0.6) is 11.5 Å². The molecule has 7 heteroatoms. The first-order valence-corrected chi connectivity index (χ1v) is 10.6. The monoisotopic (exact) mass is 422 g/mol. The van der Waals surface area contributed by atoms with Crippen molar-refractivity contribution in [3.63, 3.8) is 0 Å². The Hall–Kier alpha value is -3.06. The van der Waals surface area contributed by atoms with Crippen molar-refractivity contribution < 1.29 is 14.3 Å². The molecule has 2 heterocycles. The molecule has 1 aliphatic rings. The van der Waals surface area contributed by atoms with E-state index in [9.17, 15) is 9.59 Å². The van der Waals surface area contributed by atoms with Crippen LogP contribution < -0.4 is 15.0 Å². The highest BCUT2D eigenvalue weighted by molar-refractivity contribution is 8.00. The normalized spacial score (nSPS) is 13.7. The number of nitrogens with zero attached hydrogens (tertiary/aromatic N) is 2. The van der Waals surface area contributed by atoms with Gasteiger partial charge in [-0.1, -0.05) is 23.9 Å². The number of ether oxygens (including phenoxy) is 2. The number of aryl methyl sites for hydroxylation is 2. The molecule has 0 N–H and O–H groups in total. The summed E-state index contributed by atoms with van der Waals surface area (Å²) in [5.41, 5.74) is 3.22. The molecule has 0 radical (unpaired) electrons. The third-order valence-corrected chi connectivity index (χ3v) is 6.13. The molecule has 0 bridgehead atoms. The summed E-state index contributed by atoms with van der Waals surface area (Å²) < 4.78 is 12.7. The van der Waals surface area contributed by atoms with Gasteiger partial charge < -0.3 is 9.47 Å².